The third-order valence-corrected chi connectivity index (χ3v) is 5.17. The summed E-state index contributed by atoms with van der Waals surface area (Å²) < 4.78 is 16.6. The second-order valence-electron chi connectivity index (χ2n) is 5.56. The summed E-state index contributed by atoms with van der Waals surface area (Å²) in [5.74, 6) is 1.96. The Hall–Kier alpha value is -1.92. The molecule has 1 aliphatic heterocycles. The molecule has 0 bridgehead atoms. The molecule has 0 saturated carbocycles. The Kier molecular flexibility index (Phi) is 4.87. The Bertz CT molecular complexity index is 763. The van der Waals surface area contributed by atoms with Crippen molar-refractivity contribution in [3.8, 4) is 23.0 Å². The molecule has 3 rings (SSSR count). The maximum absolute atomic E-state index is 10.3. The Labute approximate surface area is 149 Å². The normalized spacial score (nSPS) is 16.4. The van der Waals surface area contributed by atoms with Crippen LogP contribution in [0.3, 0.4) is 0 Å². The molecular formula is C18H20BrNO4. The number of rotatable bonds is 4. The highest BCUT2D eigenvalue weighted by Crippen LogP contribution is 2.43. The minimum Gasteiger partial charge on any atom is -0.503 e. The summed E-state index contributed by atoms with van der Waals surface area (Å²) in [6, 6.07) is 7.69. The van der Waals surface area contributed by atoms with Gasteiger partial charge in [0.05, 0.1) is 31.8 Å². The highest BCUT2D eigenvalue weighted by atomic mass is 79.9. The molecule has 5 nitrogen and oxygen atoms in total. The van der Waals surface area contributed by atoms with E-state index < -0.39 is 0 Å². The number of halogens is 1. The quantitative estimate of drug-likeness (QED) is 0.833. The number of aromatic hydroxyl groups is 1. The molecule has 0 aromatic heterocycles. The zero-order valence-electron chi connectivity index (χ0n) is 13.9. The van der Waals surface area contributed by atoms with Crippen LogP contribution in [0, 0.1) is 0 Å². The van der Waals surface area contributed by atoms with Crippen LogP contribution in [-0.2, 0) is 6.42 Å². The molecule has 128 valence electrons. The van der Waals surface area contributed by atoms with Crippen molar-refractivity contribution in [3.63, 3.8) is 0 Å². The first-order valence-electron chi connectivity index (χ1n) is 7.64. The summed E-state index contributed by atoms with van der Waals surface area (Å²) in [4.78, 5) is 0. The van der Waals surface area contributed by atoms with Gasteiger partial charge < -0.3 is 24.6 Å². The number of phenols is 1. The number of nitrogens with one attached hydrogen (secondary N) is 1. The first-order valence-corrected chi connectivity index (χ1v) is 8.43. The smallest absolute Gasteiger partial charge is 0.172 e. The number of hydrogen-bond acceptors (Lipinski definition) is 5. The number of benzene rings is 2. The van der Waals surface area contributed by atoms with Gasteiger partial charge in [-0.25, -0.2) is 0 Å². The van der Waals surface area contributed by atoms with Crippen molar-refractivity contribution in [2.45, 2.75) is 12.5 Å². The lowest BCUT2D eigenvalue weighted by Crippen LogP contribution is -2.31. The fourth-order valence-electron chi connectivity index (χ4n) is 3.11. The van der Waals surface area contributed by atoms with Gasteiger partial charge in [0.1, 0.15) is 0 Å². The first-order chi connectivity index (χ1) is 11.6. The predicted molar refractivity (Wildman–Crippen MR) is 95.5 cm³/mol. The van der Waals surface area contributed by atoms with Crippen molar-refractivity contribution >= 4 is 15.9 Å². The fourth-order valence-corrected chi connectivity index (χ4v) is 3.67. The molecule has 2 aromatic rings. The zero-order valence-corrected chi connectivity index (χ0v) is 15.4. The van der Waals surface area contributed by atoms with E-state index >= 15 is 0 Å². The summed E-state index contributed by atoms with van der Waals surface area (Å²) in [7, 11) is 4.80. The second-order valence-corrected chi connectivity index (χ2v) is 6.36. The van der Waals surface area contributed by atoms with Crippen LogP contribution in [0.25, 0.3) is 0 Å². The highest BCUT2D eigenvalue weighted by Gasteiger charge is 2.27. The van der Waals surface area contributed by atoms with Crippen LogP contribution < -0.4 is 19.5 Å². The number of phenolic OH excluding ortho intramolecular Hbond substituents is 1. The van der Waals surface area contributed by atoms with Crippen LogP contribution >= 0.6 is 15.9 Å². The summed E-state index contributed by atoms with van der Waals surface area (Å²) >= 11 is 3.50. The van der Waals surface area contributed by atoms with Crippen LogP contribution in [-0.4, -0.2) is 33.0 Å². The van der Waals surface area contributed by atoms with Crippen molar-refractivity contribution in [2.24, 2.45) is 0 Å². The lowest BCUT2D eigenvalue weighted by atomic mass is 9.89. The van der Waals surface area contributed by atoms with E-state index in [2.05, 4.69) is 21.2 Å². The molecule has 6 heteroatoms. The number of ether oxygens (including phenoxy) is 3. The van der Waals surface area contributed by atoms with Gasteiger partial charge in [-0.15, -0.1) is 0 Å². The number of methoxy groups -OCH3 is 3. The first kappa shape index (κ1) is 16.9. The van der Waals surface area contributed by atoms with E-state index in [1.165, 1.54) is 12.7 Å². The van der Waals surface area contributed by atoms with Crippen LogP contribution in [0.15, 0.2) is 28.7 Å². The Morgan fingerprint density at radius 2 is 1.67 bits per heavy atom. The zero-order chi connectivity index (χ0) is 17.3. The predicted octanol–water partition coefficient (Wildman–Crippen LogP) is 3.42. The van der Waals surface area contributed by atoms with Crippen LogP contribution in [0.1, 0.15) is 22.7 Å². The monoisotopic (exact) mass is 393 g/mol. The molecule has 0 radical (unpaired) electrons. The van der Waals surface area contributed by atoms with E-state index in [4.69, 9.17) is 14.2 Å². The largest absolute Gasteiger partial charge is 0.503 e. The van der Waals surface area contributed by atoms with Gasteiger partial charge in [-0.1, -0.05) is 6.07 Å². The van der Waals surface area contributed by atoms with Gasteiger partial charge >= 0.3 is 0 Å². The number of hydrogen-bond donors (Lipinski definition) is 2. The van der Waals surface area contributed by atoms with Crippen molar-refractivity contribution in [1.29, 1.82) is 0 Å². The van der Waals surface area contributed by atoms with Crippen molar-refractivity contribution < 1.29 is 19.3 Å². The maximum Gasteiger partial charge on any atom is 0.172 e. The standard InChI is InChI=1S/C18H20BrNO4/c1-22-13-5-4-11(16(19)18(13)21)17-12-9-15(24-3)14(23-2)8-10(12)6-7-20-17/h4-5,8-9,17,20-21H,6-7H2,1-3H3. The summed E-state index contributed by atoms with van der Waals surface area (Å²) in [6.07, 6.45) is 0.909. The van der Waals surface area contributed by atoms with Gasteiger partial charge in [-0.2, -0.15) is 0 Å². The van der Waals surface area contributed by atoms with E-state index in [1.54, 1.807) is 20.3 Å². The minimum atomic E-state index is -0.0558. The Morgan fingerprint density at radius 1 is 1.00 bits per heavy atom. The third kappa shape index (κ3) is 2.80. The summed E-state index contributed by atoms with van der Waals surface area (Å²) in [5.41, 5.74) is 3.27. The van der Waals surface area contributed by atoms with E-state index in [9.17, 15) is 5.11 Å². The van der Waals surface area contributed by atoms with Gasteiger partial charge in [-0.3, -0.25) is 0 Å². The van der Waals surface area contributed by atoms with Gasteiger partial charge in [0.15, 0.2) is 23.0 Å². The average molecular weight is 394 g/mol. The summed E-state index contributed by atoms with van der Waals surface area (Å²) in [5, 5.41) is 13.8. The highest BCUT2D eigenvalue weighted by molar-refractivity contribution is 9.10. The lowest BCUT2D eigenvalue weighted by Gasteiger charge is -2.29. The molecule has 2 N–H and O–H groups in total. The Morgan fingerprint density at radius 3 is 2.33 bits per heavy atom. The fraction of sp³-hybridized carbons (Fsp3) is 0.333. The molecule has 1 unspecified atom stereocenters. The molecule has 2 aromatic carbocycles. The molecule has 1 heterocycles. The van der Waals surface area contributed by atoms with E-state index in [0.29, 0.717) is 16.0 Å². The molecule has 0 fully saturated rings. The SMILES string of the molecule is COc1cc2c(cc1OC)C(c1ccc(OC)c(O)c1Br)NCC2. The second kappa shape index (κ2) is 6.91. The number of fused-ring (bicyclic) bond motifs is 1. The molecular weight excluding hydrogens is 374 g/mol. The molecule has 1 aliphatic rings. The molecule has 1 atom stereocenters. The van der Waals surface area contributed by atoms with Crippen LogP contribution in [0.2, 0.25) is 0 Å². The summed E-state index contributed by atoms with van der Waals surface area (Å²) in [6.45, 7) is 0.840. The lowest BCUT2D eigenvalue weighted by molar-refractivity contribution is 0.352. The maximum atomic E-state index is 10.3. The molecule has 0 saturated heterocycles. The molecule has 0 amide bonds. The minimum absolute atomic E-state index is 0.0558. The molecule has 0 spiro atoms. The van der Waals surface area contributed by atoms with Crippen molar-refractivity contribution in [2.75, 3.05) is 27.9 Å². The van der Waals surface area contributed by atoms with Gasteiger partial charge in [0.25, 0.3) is 0 Å². The van der Waals surface area contributed by atoms with E-state index in [-0.39, 0.29) is 11.8 Å². The van der Waals surface area contributed by atoms with Crippen molar-refractivity contribution in [3.05, 3.63) is 45.4 Å². The van der Waals surface area contributed by atoms with Crippen LogP contribution in [0.4, 0.5) is 0 Å². The Balaban J connectivity index is 2.12. The average Bonchev–Trinajstić information content (AvgIpc) is 2.62. The third-order valence-electron chi connectivity index (χ3n) is 4.34. The van der Waals surface area contributed by atoms with Crippen molar-refractivity contribution in [1.82, 2.24) is 5.32 Å². The van der Waals surface area contributed by atoms with Gasteiger partial charge in [0, 0.05) is 6.54 Å². The molecule has 24 heavy (non-hydrogen) atoms. The van der Waals surface area contributed by atoms with E-state index in [0.717, 1.165) is 29.8 Å². The van der Waals surface area contributed by atoms with Crippen LogP contribution in [0.5, 0.6) is 23.0 Å². The van der Waals surface area contributed by atoms with Gasteiger partial charge in [0.2, 0.25) is 0 Å². The molecule has 0 aliphatic carbocycles. The van der Waals surface area contributed by atoms with Gasteiger partial charge in [-0.05, 0) is 57.2 Å². The van der Waals surface area contributed by atoms with E-state index in [1.807, 2.05) is 18.2 Å². The topological polar surface area (TPSA) is 60.0 Å².